The lowest BCUT2D eigenvalue weighted by Crippen LogP contribution is -2.44. The van der Waals surface area contributed by atoms with Crippen LogP contribution in [0, 0.1) is 12.8 Å². The molecule has 0 aromatic heterocycles. The molecule has 1 aromatic carbocycles. The van der Waals surface area contributed by atoms with Crippen LogP contribution in [0.1, 0.15) is 38.7 Å². The highest BCUT2D eigenvalue weighted by Crippen LogP contribution is 2.24. The highest BCUT2D eigenvalue weighted by molar-refractivity contribution is 7.89. The van der Waals surface area contributed by atoms with Gasteiger partial charge in [0.2, 0.25) is 10.0 Å². The number of nitrogens with zero attached hydrogens (tertiary/aromatic N) is 2. The predicted octanol–water partition coefficient (Wildman–Crippen LogP) is 2.77. The van der Waals surface area contributed by atoms with Gasteiger partial charge in [0, 0.05) is 25.4 Å². The second-order valence-electron chi connectivity index (χ2n) is 6.60. The van der Waals surface area contributed by atoms with Crippen LogP contribution in [0.5, 0.6) is 0 Å². The minimum atomic E-state index is -3.55. The first kappa shape index (κ1) is 19.6. The predicted molar refractivity (Wildman–Crippen MR) is 97.0 cm³/mol. The van der Waals surface area contributed by atoms with Gasteiger partial charge in [0.05, 0.1) is 10.6 Å². The van der Waals surface area contributed by atoms with E-state index in [1.807, 2.05) is 20.8 Å². The average Bonchev–Trinajstić information content (AvgIpc) is 2.56. The number of oxime groups is 1. The van der Waals surface area contributed by atoms with Crippen LogP contribution in [-0.2, 0) is 19.7 Å². The lowest BCUT2D eigenvalue weighted by Gasteiger charge is -2.31. The number of Topliss-reactive ketones (excluding diaryl/α,β-unsaturated/α-hetero) is 1. The fourth-order valence-electron chi connectivity index (χ4n) is 2.78. The molecule has 0 bridgehead atoms. The molecular weight excluding hydrogens is 340 g/mol. The van der Waals surface area contributed by atoms with E-state index < -0.39 is 10.0 Å². The van der Waals surface area contributed by atoms with E-state index in [0.29, 0.717) is 19.4 Å². The summed E-state index contributed by atoms with van der Waals surface area (Å²) in [4.78, 5) is 17.6. The van der Waals surface area contributed by atoms with Gasteiger partial charge >= 0.3 is 0 Å². The first-order chi connectivity index (χ1) is 11.8. The van der Waals surface area contributed by atoms with E-state index >= 15 is 0 Å². The van der Waals surface area contributed by atoms with E-state index in [-0.39, 0.29) is 36.1 Å². The molecule has 0 radical (unpaired) electrons. The van der Waals surface area contributed by atoms with Crippen molar-refractivity contribution in [1.82, 2.24) is 4.31 Å². The second-order valence-corrected chi connectivity index (χ2v) is 8.54. The molecule has 1 atom stereocenters. The number of carbonyl (C=O) groups is 1. The van der Waals surface area contributed by atoms with Gasteiger partial charge in [0.15, 0.2) is 0 Å². The van der Waals surface area contributed by atoms with Gasteiger partial charge in [-0.25, -0.2) is 8.42 Å². The number of hydrogen-bond acceptors (Lipinski definition) is 5. The summed E-state index contributed by atoms with van der Waals surface area (Å²) in [5.74, 6) is -0.144. The fourth-order valence-corrected chi connectivity index (χ4v) is 4.26. The fraction of sp³-hybridized carbons (Fsp3) is 0.556. The van der Waals surface area contributed by atoms with Gasteiger partial charge in [0.1, 0.15) is 12.4 Å². The molecule has 1 saturated heterocycles. The number of benzene rings is 1. The molecule has 7 heteroatoms. The largest absolute Gasteiger partial charge is 0.396 e. The second kappa shape index (κ2) is 8.58. The molecule has 0 saturated carbocycles. The van der Waals surface area contributed by atoms with Crippen molar-refractivity contribution in [1.29, 1.82) is 0 Å². The van der Waals surface area contributed by atoms with Crippen molar-refractivity contribution in [3.8, 4) is 0 Å². The Morgan fingerprint density at radius 2 is 1.96 bits per heavy atom. The van der Waals surface area contributed by atoms with Gasteiger partial charge in [-0.3, -0.25) is 4.79 Å². The number of rotatable bonds is 7. The Hall–Kier alpha value is -1.73. The standard InChI is InChI=1S/C18H26N2O4S/c1-14(2)19-24-12-4-5-16-13-20(11-10-18(16)21)25(22,23)17-8-6-15(3)7-9-17/h6-9,16H,4-5,10-13H2,1-3H3. The topological polar surface area (TPSA) is 76.0 Å². The number of sulfonamides is 1. The van der Waals surface area contributed by atoms with Crippen LogP contribution in [-0.4, -0.2) is 43.9 Å². The zero-order valence-corrected chi connectivity index (χ0v) is 15.9. The molecule has 6 nitrogen and oxygen atoms in total. The van der Waals surface area contributed by atoms with Gasteiger partial charge in [0.25, 0.3) is 0 Å². The van der Waals surface area contributed by atoms with Crippen molar-refractivity contribution in [2.24, 2.45) is 11.1 Å². The molecule has 2 rings (SSSR count). The molecule has 25 heavy (non-hydrogen) atoms. The van der Waals surface area contributed by atoms with E-state index in [1.54, 1.807) is 24.3 Å². The molecule has 0 spiro atoms. The first-order valence-corrected chi connectivity index (χ1v) is 9.97. The number of aryl methyl sites for hydroxylation is 1. The minimum absolute atomic E-state index is 0.130. The Kier molecular flexibility index (Phi) is 6.72. The third kappa shape index (κ3) is 5.37. The Labute approximate surface area is 149 Å². The number of carbonyl (C=O) groups excluding carboxylic acids is 1. The summed E-state index contributed by atoms with van der Waals surface area (Å²) >= 11 is 0. The monoisotopic (exact) mass is 366 g/mol. The van der Waals surface area contributed by atoms with Crippen molar-refractivity contribution >= 4 is 21.5 Å². The molecule has 1 unspecified atom stereocenters. The maximum Gasteiger partial charge on any atom is 0.243 e. The third-order valence-electron chi connectivity index (χ3n) is 4.18. The van der Waals surface area contributed by atoms with Crippen molar-refractivity contribution in [2.75, 3.05) is 19.7 Å². The lowest BCUT2D eigenvalue weighted by molar-refractivity contribution is -0.125. The van der Waals surface area contributed by atoms with Gasteiger partial charge < -0.3 is 4.84 Å². The molecule has 1 aromatic rings. The zero-order valence-electron chi connectivity index (χ0n) is 15.1. The molecule has 0 N–H and O–H groups in total. The van der Waals surface area contributed by atoms with Crippen LogP contribution in [0.3, 0.4) is 0 Å². The number of hydrogen-bond donors (Lipinski definition) is 0. The zero-order chi connectivity index (χ0) is 18.4. The van der Waals surface area contributed by atoms with Crippen LogP contribution < -0.4 is 0 Å². The van der Waals surface area contributed by atoms with Crippen LogP contribution in [0.4, 0.5) is 0 Å². The summed E-state index contributed by atoms with van der Waals surface area (Å²) in [6, 6.07) is 6.81. The van der Waals surface area contributed by atoms with Crippen molar-refractivity contribution in [3.05, 3.63) is 29.8 Å². The summed E-state index contributed by atoms with van der Waals surface area (Å²) in [7, 11) is -3.55. The van der Waals surface area contributed by atoms with Crippen molar-refractivity contribution < 1.29 is 18.0 Å². The van der Waals surface area contributed by atoms with Crippen LogP contribution >= 0.6 is 0 Å². The maximum atomic E-state index is 12.8. The van der Waals surface area contributed by atoms with E-state index in [9.17, 15) is 13.2 Å². The maximum absolute atomic E-state index is 12.8. The third-order valence-corrected chi connectivity index (χ3v) is 6.06. The van der Waals surface area contributed by atoms with Gasteiger partial charge in [-0.1, -0.05) is 22.9 Å². The molecular formula is C18H26N2O4S. The Morgan fingerprint density at radius 1 is 1.28 bits per heavy atom. The SMILES string of the molecule is CC(C)=NOCCCC1CN(S(=O)(=O)c2ccc(C)cc2)CCC1=O. The van der Waals surface area contributed by atoms with Crippen molar-refractivity contribution in [2.45, 2.75) is 44.9 Å². The quantitative estimate of drug-likeness (QED) is 0.422. The Morgan fingerprint density at radius 3 is 2.60 bits per heavy atom. The Bertz CT molecular complexity index is 722. The Balaban J connectivity index is 1.97. The molecule has 0 aliphatic carbocycles. The normalized spacial score (nSPS) is 18.8. The first-order valence-electron chi connectivity index (χ1n) is 8.53. The summed E-state index contributed by atoms with van der Waals surface area (Å²) in [6.45, 7) is 6.53. The molecule has 1 heterocycles. The summed E-state index contributed by atoms with van der Waals surface area (Å²) < 4.78 is 27.0. The van der Waals surface area contributed by atoms with Crippen LogP contribution in [0.15, 0.2) is 34.3 Å². The smallest absolute Gasteiger partial charge is 0.243 e. The van der Waals surface area contributed by atoms with Gasteiger partial charge in [-0.2, -0.15) is 4.31 Å². The number of piperidine rings is 1. The van der Waals surface area contributed by atoms with E-state index in [0.717, 1.165) is 11.3 Å². The molecule has 0 amide bonds. The van der Waals surface area contributed by atoms with E-state index in [4.69, 9.17) is 4.84 Å². The molecule has 1 aliphatic rings. The van der Waals surface area contributed by atoms with Gasteiger partial charge in [-0.05, 0) is 45.7 Å². The molecule has 138 valence electrons. The van der Waals surface area contributed by atoms with Crippen molar-refractivity contribution in [3.63, 3.8) is 0 Å². The molecule has 1 aliphatic heterocycles. The minimum Gasteiger partial charge on any atom is -0.396 e. The van der Waals surface area contributed by atoms with E-state index in [2.05, 4.69) is 5.16 Å². The van der Waals surface area contributed by atoms with E-state index in [1.165, 1.54) is 4.31 Å². The van der Waals surface area contributed by atoms with Crippen LogP contribution in [0.25, 0.3) is 0 Å². The number of ketones is 1. The molecule has 1 fully saturated rings. The van der Waals surface area contributed by atoms with Gasteiger partial charge in [-0.15, -0.1) is 0 Å². The average molecular weight is 366 g/mol. The highest BCUT2D eigenvalue weighted by Gasteiger charge is 2.34. The summed E-state index contributed by atoms with van der Waals surface area (Å²) in [6.07, 6.45) is 1.55. The van der Waals surface area contributed by atoms with Crippen LogP contribution in [0.2, 0.25) is 0 Å². The highest BCUT2D eigenvalue weighted by atomic mass is 32.2. The summed E-state index contributed by atoms with van der Waals surface area (Å²) in [5.41, 5.74) is 1.85. The summed E-state index contributed by atoms with van der Waals surface area (Å²) in [5, 5.41) is 3.85. The lowest BCUT2D eigenvalue weighted by atomic mass is 9.93.